The monoisotopic (exact) mass is 244 g/mol. The third-order valence-electron chi connectivity index (χ3n) is 1.85. The van der Waals surface area contributed by atoms with Crippen LogP contribution in [0.15, 0.2) is 23.0 Å². The highest BCUT2D eigenvalue weighted by atomic mass is 35.5. The fraction of sp³-hybridized carbons (Fsp3) is 0.125. The summed E-state index contributed by atoms with van der Waals surface area (Å²) in [5.74, 6) is 0. The third kappa shape index (κ3) is 2.19. The number of hydrogen-bond donors (Lipinski definition) is 1. The first-order chi connectivity index (χ1) is 7.16. The Kier molecular flexibility index (Phi) is 2.75. The number of aromatic nitrogens is 4. The lowest BCUT2D eigenvalue weighted by molar-refractivity contribution is 0.632. The fourth-order valence-corrected chi connectivity index (χ4v) is 1.45. The summed E-state index contributed by atoms with van der Waals surface area (Å²) >= 11 is 11.6. The summed E-state index contributed by atoms with van der Waals surface area (Å²) in [6.45, 7) is 0.312. The van der Waals surface area contributed by atoms with Crippen molar-refractivity contribution in [1.29, 1.82) is 0 Å². The molecule has 15 heavy (non-hydrogen) atoms. The van der Waals surface area contributed by atoms with Crippen LogP contribution in [0.2, 0.25) is 10.0 Å². The molecule has 0 radical (unpaired) electrons. The molecule has 0 fully saturated rings. The van der Waals surface area contributed by atoms with Crippen molar-refractivity contribution in [3.05, 3.63) is 44.3 Å². The first kappa shape index (κ1) is 10.2. The highest BCUT2D eigenvalue weighted by Gasteiger charge is 2.03. The van der Waals surface area contributed by atoms with Gasteiger partial charge in [0.1, 0.15) is 0 Å². The molecule has 0 saturated carbocycles. The summed E-state index contributed by atoms with van der Waals surface area (Å²) in [6, 6.07) is 5.13. The second-order valence-electron chi connectivity index (χ2n) is 2.91. The molecule has 0 unspecified atom stereocenters. The molecule has 0 amide bonds. The van der Waals surface area contributed by atoms with Crippen molar-refractivity contribution in [3.8, 4) is 0 Å². The van der Waals surface area contributed by atoms with Crippen molar-refractivity contribution < 1.29 is 0 Å². The van der Waals surface area contributed by atoms with E-state index in [-0.39, 0.29) is 5.69 Å². The standard InChI is InChI=1S/C8H6Cl2N4O/c9-6-2-1-5(3-7(6)10)4-14-8(15)11-12-13-14/h1-3H,4H2,(H,11,13,15). The average Bonchev–Trinajstić information content (AvgIpc) is 2.59. The smallest absolute Gasteiger partial charge is 0.245 e. The highest BCUT2D eigenvalue weighted by molar-refractivity contribution is 6.42. The number of rotatable bonds is 2. The van der Waals surface area contributed by atoms with E-state index < -0.39 is 0 Å². The number of H-pyrrole nitrogens is 1. The first-order valence-electron chi connectivity index (χ1n) is 4.09. The van der Waals surface area contributed by atoms with E-state index in [1.807, 2.05) is 0 Å². The summed E-state index contributed by atoms with van der Waals surface area (Å²) in [5, 5.41) is 10.1. The molecule has 7 heteroatoms. The van der Waals surface area contributed by atoms with Crippen molar-refractivity contribution in [3.63, 3.8) is 0 Å². The molecule has 2 rings (SSSR count). The predicted octanol–water partition coefficient (Wildman–Crippen LogP) is 1.32. The lowest BCUT2D eigenvalue weighted by Gasteiger charge is -2.01. The van der Waals surface area contributed by atoms with Crippen LogP contribution in [0.3, 0.4) is 0 Å². The predicted molar refractivity (Wildman–Crippen MR) is 56.2 cm³/mol. The normalized spacial score (nSPS) is 10.5. The minimum Gasteiger partial charge on any atom is -0.245 e. The molecule has 5 nitrogen and oxygen atoms in total. The topological polar surface area (TPSA) is 63.6 Å². The maximum absolute atomic E-state index is 11.1. The van der Waals surface area contributed by atoms with E-state index in [1.165, 1.54) is 4.68 Å². The Morgan fingerprint density at radius 1 is 1.33 bits per heavy atom. The highest BCUT2D eigenvalue weighted by Crippen LogP contribution is 2.22. The van der Waals surface area contributed by atoms with Gasteiger partial charge in [0.2, 0.25) is 0 Å². The molecule has 0 saturated heterocycles. The third-order valence-corrected chi connectivity index (χ3v) is 2.59. The van der Waals surface area contributed by atoms with E-state index in [4.69, 9.17) is 23.2 Å². The molecule has 2 aromatic rings. The molecule has 0 aliphatic heterocycles. The SMILES string of the molecule is O=c1[nH]nnn1Cc1ccc(Cl)c(Cl)c1. The Hall–Kier alpha value is -1.33. The molecule has 1 aromatic heterocycles. The molecule has 0 bridgehead atoms. The lowest BCUT2D eigenvalue weighted by Crippen LogP contribution is -2.18. The number of tetrazole rings is 1. The molecule has 0 spiro atoms. The molecule has 0 aliphatic carbocycles. The lowest BCUT2D eigenvalue weighted by atomic mass is 10.2. The van der Waals surface area contributed by atoms with Crippen LogP contribution in [0, 0.1) is 0 Å². The van der Waals surface area contributed by atoms with E-state index in [1.54, 1.807) is 18.2 Å². The van der Waals surface area contributed by atoms with Gasteiger partial charge < -0.3 is 0 Å². The van der Waals surface area contributed by atoms with Crippen LogP contribution in [0.4, 0.5) is 0 Å². The number of nitrogens with one attached hydrogen (secondary N) is 1. The van der Waals surface area contributed by atoms with Crippen molar-refractivity contribution in [2.45, 2.75) is 6.54 Å². The van der Waals surface area contributed by atoms with Crippen molar-refractivity contribution >= 4 is 23.2 Å². The Morgan fingerprint density at radius 3 is 2.73 bits per heavy atom. The number of hydrogen-bond acceptors (Lipinski definition) is 3. The maximum atomic E-state index is 11.1. The zero-order valence-electron chi connectivity index (χ0n) is 7.44. The van der Waals surface area contributed by atoms with Crippen LogP contribution in [-0.2, 0) is 6.54 Å². The molecule has 78 valence electrons. The van der Waals surface area contributed by atoms with Gasteiger partial charge >= 0.3 is 5.69 Å². The number of benzene rings is 1. The summed E-state index contributed by atoms with van der Waals surface area (Å²) in [6.07, 6.45) is 0. The molecular weight excluding hydrogens is 239 g/mol. The largest absolute Gasteiger partial charge is 0.361 e. The van der Waals surface area contributed by atoms with Crippen LogP contribution in [0.1, 0.15) is 5.56 Å². The summed E-state index contributed by atoms with van der Waals surface area (Å²) in [5.41, 5.74) is 0.474. The second-order valence-corrected chi connectivity index (χ2v) is 3.73. The van der Waals surface area contributed by atoms with E-state index >= 15 is 0 Å². The minimum atomic E-state index is -0.360. The van der Waals surface area contributed by atoms with Gasteiger partial charge in [0.25, 0.3) is 0 Å². The van der Waals surface area contributed by atoms with Gasteiger partial charge in [-0.2, -0.15) is 4.68 Å². The van der Waals surface area contributed by atoms with Crippen molar-refractivity contribution in [2.24, 2.45) is 0 Å². The zero-order chi connectivity index (χ0) is 10.8. The summed E-state index contributed by atoms with van der Waals surface area (Å²) in [7, 11) is 0. The van der Waals surface area contributed by atoms with Gasteiger partial charge in [-0.25, -0.2) is 9.89 Å². The average molecular weight is 245 g/mol. The van der Waals surface area contributed by atoms with Gasteiger partial charge in [-0.1, -0.05) is 29.3 Å². The maximum Gasteiger partial charge on any atom is 0.361 e. The van der Waals surface area contributed by atoms with Gasteiger partial charge in [-0.3, -0.25) is 0 Å². The Morgan fingerprint density at radius 2 is 2.13 bits per heavy atom. The van der Waals surface area contributed by atoms with E-state index in [0.29, 0.717) is 16.6 Å². The van der Waals surface area contributed by atoms with Crippen LogP contribution in [-0.4, -0.2) is 20.2 Å². The van der Waals surface area contributed by atoms with Crippen molar-refractivity contribution in [2.75, 3.05) is 0 Å². The van der Waals surface area contributed by atoms with E-state index in [2.05, 4.69) is 15.5 Å². The molecule has 1 heterocycles. The second kappa shape index (κ2) is 4.04. The quantitative estimate of drug-likeness (QED) is 0.867. The van der Waals surface area contributed by atoms with E-state index in [9.17, 15) is 4.79 Å². The van der Waals surface area contributed by atoms with Gasteiger partial charge in [0.05, 0.1) is 16.6 Å². The van der Waals surface area contributed by atoms with Crippen LogP contribution < -0.4 is 5.69 Å². The molecule has 0 atom stereocenters. The summed E-state index contributed by atoms with van der Waals surface area (Å²) < 4.78 is 1.19. The molecule has 0 aliphatic rings. The van der Waals surface area contributed by atoms with E-state index in [0.717, 1.165) is 5.56 Å². The van der Waals surface area contributed by atoms with Gasteiger partial charge in [-0.05, 0) is 28.1 Å². The van der Waals surface area contributed by atoms with Gasteiger partial charge in [0.15, 0.2) is 0 Å². The van der Waals surface area contributed by atoms with Crippen LogP contribution in [0.5, 0.6) is 0 Å². The Balaban J connectivity index is 2.29. The number of nitrogens with zero attached hydrogens (tertiary/aromatic N) is 3. The minimum absolute atomic E-state index is 0.312. The molecule has 1 aromatic carbocycles. The fourth-order valence-electron chi connectivity index (χ4n) is 1.13. The van der Waals surface area contributed by atoms with Crippen molar-refractivity contribution in [1.82, 2.24) is 20.2 Å². The van der Waals surface area contributed by atoms with Gasteiger partial charge in [-0.15, -0.1) is 0 Å². The van der Waals surface area contributed by atoms with Gasteiger partial charge in [0, 0.05) is 0 Å². The first-order valence-corrected chi connectivity index (χ1v) is 4.84. The van der Waals surface area contributed by atoms with Crippen LogP contribution in [0.25, 0.3) is 0 Å². The summed E-state index contributed by atoms with van der Waals surface area (Å²) in [4.78, 5) is 11.1. The Labute approximate surface area is 94.6 Å². The molecular formula is C8H6Cl2N4O. The Bertz CT molecular complexity index is 533. The number of halogens is 2. The molecule has 1 N–H and O–H groups in total. The zero-order valence-corrected chi connectivity index (χ0v) is 8.96. The van der Waals surface area contributed by atoms with Crippen LogP contribution >= 0.6 is 23.2 Å². The number of aromatic amines is 1.